The molecule has 19 heavy (non-hydrogen) atoms. The van der Waals surface area contributed by atoms with E-state index in [-0.39, 0.29) is 11.6 Å². The molecule has 1 aromatic rings. The van der Waals surface area contributed by atoms with E-state index in [1.165, 1.54) is 30.1 Å². The largest absolute Gasteiger partial charge is 0.378 e. The van der Waals surface area contributed by atoms with Gasteiger partial charge in [-0.1, -0.05) is 24.9 Å². The van der Waals surface area contributed by atoms with Gasteiger partial charge in [0.05, 0.1) is 11.2 Å². The fourth-order valence-electron chi connectivity index (χ4n) is 2.06. The van der Waals surface area contributed by atoms with Gasteiger partial charge in [-0.05, 0) is 25.2 Å². The highest BCUT2D eigenvalue weighted by molar-refractivity contribution is 6.32. The molecule has 0 radical (unpaired) electrons. The van der Waals surface area contributed by atoms with Gasteiger partial charge in [0.2, 0.25) is 0 Å². The maximum Gasteiger partial charge on any atom is 0.291 e. The lowest BCUT2D eigenvalue weighted by atomic mass is 9.85. The monoisotopic (exact) mass is 284 g/mol. The number of hydrogen-bond donors (Lipinski definition) is 2. The Labute approximate surface area is 118 Å². The van der Waals surface area contributed by atoms with Crippen molar-refractivity contribution >= 4 is 17.3 Å². The van der Waals surface area contributed by atoms with Crippen molar-refractivity contribution in [2.24, 2.45) is 11.7 Å². The standard InChI is InChI=1S/C13H21ClN4O/c1-2-10(15)6-16-12-11(14)7-17-18(13(12)19)8-9-4-3-5-9/h7,9-10,16H,2-6,8,15H2,1H3. The zero-order chi connectivity index (χ0) is 13.8. The van der Waals surface area contributed by atoms with Crippen LogP contribution in [-0.2, 0) is 6.54 Å². The smallest absolute Gasteiger partial charge is 0.291 e. The Morgan fingerprint density at radius 3 is 2.95 bits per heavy atom. The van der Waals surface area contributed by atoms with Crippen LogP contribution in [0.5, 0.6) is 0 Å². The Hall–Kier alpha value is -1.07. The molecule has 0 spiro atoms. The summed E-state index contributed by atoms with van der Waals surface area (Å²) in [5.74, 6) is 0.581. The maximum absolute atomic E-state index is 12.3. The average molecular weight is 285 g/mol. The molecule has 1 heterocycles. The summed E-state index contributed by atoms with van der Waals surface area (Å²) in [6, 6.07) is 0.0173. The lowest BCUT2D eigenvalue weighted by molar-refractivity contribution is 0.262. The van der Waals surface area contributed by atoms with Gasteiger partial charge in [0.15, 0.2) is 0 Å². The summed E-state index contributed by atoms with van der Waals surface area (Å²) in [7, 11) is 0. The Morgan fingerprint density at radius 2 is 2.37 bits per heavy atom. The van der Waals surface area contributed by atoms with Crippen LogP contribution >= 0.6 is 11.6 Å². The molecule has 0 bridgehead atoms. The van der Waals surface area contributed by atoms with Crippen LogP contribution in [0, 0.1) is 5.92 Å². The van der Waals surface area contributed by atoms with Crippen LogP contribution in [0.25, 0.3) is 0 Å². The van der Waals surface area contributed by atoms with Gasteiger partial charge in [-0.25, -0.2) is 4.68 Å². The summed E-state index contributed by atoms with van der Waals surface area (Å²) >= 11 is 6.03. The van der Waals surface area contributed by atoms with Crippen molar-refractivity contribution in [3.8, 4) is 0 Å². The molecule has 1 aromatic heterocycles. The van der Waals surface area contributed by atoms with E-state index in [1.807, 2.05) is 6.92 Å². The van der Waals surface area contributed by atoms with E-state index in [0.29, 0.717) is 29.7 Å². The molecule has 0 amide bonds. The number of nitrogens with two attached hydrogens (primary N) is 1. The minimum atomic E-state index is -0.150. The normalized spacial score (nSPS) is 17.0. The maximum atomic E-state index is 12.3. The lowest BCUT2D eigenvalue weighted by Crippen LogP contribution is -2.34. The van der Waals surface area contributed by atoms with E-state index in [1.54, 1.807) is 0 Å². The molecule has 1 fully saturated rings. The van der Waals surface area contributed by atoms with Gasteiger partial charge in [0, 0.05) is 19.1 Å². The summed E-state index contributed by atoms with van der Waals surface area (Å²) in [4.78, 5) is 12.3. The van der Waals surface area contributed by atoms with E-state index < -0.39 is 0 Å². The van der Waals surface area contributed by atoms with Crippen molar-refractivity contribution in [1.29, 1.82) is 0 Å². The fraction of sp³-hybridized carbons (Fsp3) is 0.692. The number of nitrogens with one attached hydrogen (secondary N) is 1. The molecule has 0 saturated heterocycles. The Kier molecular flexibility index (Phi) is 4.82. The Bertz CT molecular complexity index is 484. The van der Waals surface area contributed by atoms with Crippen molar-refractivity contribution in [2.45, 2.75) is 45.2 Å². The summed E-state index contributed by atoms with van der Waals surface area (Å²) in [5.41, 5.74) is 6.11. The third kappa shape index (κ3) is 3.48. The molecule has 1 aliphatic carbocycles. The van der Waals surface area contributed by atoms with Crippen molar-refractivity contribution in [1.82, 2.24) is 9.78 Å². The minimum absolute atomic E-state index is 0.0173. The first-order valence-electron chi connectivity index (χ1n) is 6.87. The summed E-state index contributed by atoms with van der Waals surface area (Å²) in [6.45, 7) is 3.23. The molecule has 2 rings (SSSR count). The number of aromatic nitrogens is 2. The van der Waals surface area contributed by atoms with E-state index in [4.69, 9.17) is 17.3 Å². The highest BCUT2D eigenvalue weighted by atomic mass is 35.5. The molecule has 3 N–H and O–H groups in total. The van der Waals surface area contributed by atoms with Crippen LogP contribution in [0.4, 0.5) is 5.69 Å². The van der Waals surface area contributed by atoms with Gasteiger partial charge in [-0.3, -0.25) is 4.79 Å². The third-order valence-corrected chi connectivity index (χ3v) is 4.01. The second-order valence-electron chi connectivity index (χ2n) is 5.20. The van der Waals surface area contributed by atoms with E-state index >= 15 is 0 Å². The van der Waals surface area contributed by atoms with Crippen LogP contribution in [0.3, 0.4) is 0 Å². The van der Waals surface area contributed by atoms with Gasteiger partial charge in [0.25, 0.3) is 5.56 Å². The molecular formula is C13H21ClN4O. The third-order valence-electron chi connectivity index (χ3n) is 3.72. The summed E-state index contributed by atoms with van der Waals surface area (Å²) < 4.78 is 1.51. The molecule has 1 aliphatic rings. The molecule has 0 aliphatic heterocycles. The molecule has 0 aromatic carbocycles. The molecular weight excluding hydrogens is 264 g/mol. The van der Waals surface area contributed by atoms with Crippen LogP contribution in [-0.4, -0.2) is 22.4 Å². The summed E-state index contributed by atoms with van der Waals surface area (Å²) in [6.07, 6.45) is 6.00. The van der Waals surface area contributed by atoms with Crippen LogP contribution in [0.15, 0.2) is 11.0 Å². The molecule has 6 heteroatoms. The average Bonchev–Trinajstić information content (AvgIpc) is 2.35. The fourth-order valence-corrected chi connectivity index (χ4v) is 2.25. The Balaban J connectivity index is 2.11. The second-order valence-corrected chi connectivity index (χ2v) is 5.61. The lowest BCUT2D eigenvalue weighted by Gasteiger charge is -2.25. The zero-order valence-electron chi connectivity index (χ0n) is 11.2. The number of halogens is 1. The molecule has 106 valence electrons. The van der Waals surface area contributed by atoms with E-state index in [9.17, 15) is 4.79 Å². The van der Waals surface area contributed by atoms with Crippen LogP contribution in [0.2, 0.25) is 5.02 Å². The first-order valence-corrected chi connectivity index (χ1v) is 7.24. The molecule has 1 unspecified atom stereocenters. The quantitative estimate of drug-likeness (QED) is 0.836. The second kappa shape index (κ2) is 6.39. The van der Waals surface area contributed by atoms with Crippen LogP contribution < -0.4 is 16.6 Å². The number of hydrogen-bond acceptors (Lipinski definition) is 4. The number of nitrogens with zero attached hydrogens (tertiary/aromatic N) is 2. The minimum Gasteiger partial charge on any atom is -0.378 e. The van der Waals surface area contributed by atoms with Crippen molar-refractivity contribution in [3.63, 3.8) is 0 Å². The topological polar surface area (TPSA) is 72.9 Å². The molecule has 1 atom stereocenters. The predicted molar refractivity (Wildman–Crippen MR) is 77.6 cm³/mol. The van der Waals surface area contributed by atoms with E-state index in [0.717, 1.165) is 6.42 Å². The van der Waals surface area contributed by atoms with Crippen LogP contribution in [0.1, 0.15) is 32.6 Å². The number of anilines is 1. The van der Waals surface area contributed by atoms with Gasteiger partial charge in [-0.2, -0.15) is 5.10 Å². The summed E-state index contributed by atoms with van der Waals surface area (Å²) in [5, 5.41) is 7.52. The van der Waals surface area contributed by atoms with Crippen molar-refractivity contribution in [3.05, 3.63) is 21.6 Å². The van der Waals surface area contributed by atoms with Gasteiger partial charge in [-0.15, -0.1) is 0 Å². The van der Waals surface area contributed by atoms with E-state index in [2.05, 4.69) is 10.4 Å². The first kappa shape index (κ1) is 14.3. The van der Waals surface area contributed by atoms with Gasteiger partial charge >= 0.3 is 0 Å². The highest BCUT2D eigenvalue weighted by Crippen LogP contribution is 2.27. The highest BCUT2D eigenvalue weighted by Gasteiger charge is 2.20. The molecule has 1 saturated carbocycles. The SMILES string of the molecule is CCC(N)CNc1c(Cl)cnn(CC2CCC2)c1=O. The van der Waals surface area contributed by atoms with Crippen molar-refractivity contribution < 1.29 is 0 Å². The first-order chi connectivity index (χ1) is 9.11. The van der Waals surface area contributed by atoms with Crippen molar-refractivity contribution in [2.75, 3.05) is 11.9 Å². The van der Waals surface area contributed by atoms with Gasteiger partial charge in [0.1, 0.15) is 5.69 Å². The predicted octanol–water partition coefficient (Wildman–Crippen LogP) is 1.85. The van der Waals surface area contributed by atoms with Gasteiger partial charge < -0.3 is 11.1 Å². The number of rotatable bonds is 6. The molecule has 5 nitrogen and oxygen atoms in total. The zero-order valence-corrected chi connectivity index (χ0v) is 12.0. The Morgan fingerprint density at radius 1 is 1.63 bits per heavy atom.